The molecule has 4 aliphatic rings. The molecule has 0 aromatic carbocycles. The van der Waals surface area contributed by atoms with Crippen molar-refractivity contribution in [2.45, 2.75) is 110 Å². The first-order valence-corrected chi connectivity index (χ1v) is 18.6. The van der Waals surface area contributed by atoms with Crippen molar-refractivity contribution in [3.05, 3.63) is 23.3 Å². The number of rotatable bonds is 11. The summed E-state index contributed by atoms with van der Waals surface area (Å²) in [6, 6.07) is 0. The van der Waals surface area contributed by atoms with Crippen molar-refractivity contribution in [1.82, 2.24) is 0 Å². The fourth-order valence-corrected chi connectivity index (χ4v) is 9.74. The number of thiocarbonyl (C=S) groups is 1. The van der Waals surface area contributed by atoms with Gasteiger partial charge in [0.15, 0.2) is 0 Å². The zero-order valence-corrected chi connectivity index (χ0v) is 31.6. The second-order valence-corrected chi connectivity index (χ2v) is 16.4. The van der Waals surface area contributed by atoms with Gasteiger partial charge in [-0.1, -0.05) is 62.8 Å². The van der Waals surface area contributed by atoms with Crippen molar-refractivity contribution >= 4 is 40.7 Å². The van der Waals surface area contributed by atoms with Crippen LogP contribution in [0, 0.1) is 40.4 Å². The van der Waals surface area contributed by atoms with E-state index in [9.17, 15) is 9.59 Å². The van der Waals surface area contributed by atoms with Crippen LogP contribution in [0.3, 0.4) is 0 Å². The maximum Gasteiger partial charge on any atom is 0.508 e. The number of hydrogen-bond donors (Lipinski definition) is 0. The fourth-order valence-electron chi connectivity index (χ4n) is 9.41. The van der Waals surface area contributed by atoms with Crippen molar-refractivity contribution in [3.8, 4) is 0 Å². The third-order valence-corrected chi connectivity index (χ3v) is 13.4. The van der Waals surface area contributed by atoms with Crippen molar-refractivity contribution in [3.63, 3.8) is 0 Å². The maximum atomic E-state index is 12.5. The molecule has 0 aromatic heterocycles. The lowest BCUT2D eigenvalue weighted by Crippen LogP contribution is -2.54. The number of hydrogen-bond acceptors (Lipinski definition) is 11. The minimum absolute atomic E-state index is 0.147. The van der Waals surface area contributed by atoms with Gasteiger partial charge in [-0.15, -0.1) is 0 Å². The van der Waals surface area contributed by atoms with Gasteiger partial charge >= 0.3 is 12.3 Å². The van der Waals surface area contributed by atoms with Crippen LogP contribution in [0.1, 0.15) is 86.5 Å². The lowest BCUT2D eigenvalue weighted by atomic mass is 9.49. The first-order valence-electron chi connectivity index (χ1n) is 16.9. The van der Waals surface area contributed by atoms with Crippen LogP contribution < -0.4 is 0 Å². The Morgan fingerprint density at radius 1 is 1.02 bits per heavy atom. The van der Waals surface area contributed by atoms with E-state index in [4.69, 9.17) is 45.4 Å². The molecule has 3 saturated carbocycles. The summed E-state index contributed by atoms with van der Waals surface area (Å²) < 4.78 is 39.4. The van der Waals surface area contributed by atoms with Gasteiger partial charge in [0.2, 0.25) is 4.38 Å². The topological polar surface area (TPSA) is 98.8 Å². The predicted octanol–water partition coefficient (Wildman–Crippen LogP) is 8.49. The van der Waals surface area contributed by atoms with Gasteiger partial charge in [0.1, 0.15) is 30.7 Å². The highest BCUT2D eigenvalue weighted by atomic mass is 32.2. The normalized spacial score (nSPS) is 33.4. The zero-order chi connectivity index (χ0) is 34.7. The number of thioether (sulfide) groups is 1. The Hall–Kier alpha value is -1.82. The van der Waals surface area contributed by atoms with E-state index in [1.807, 2.05) is 6.26 Å². The molecular weight excluding hydrogens is 641 g/mol. The molecule has 0 aromatic rings. The predicted molar refractivity (Wildman–Crippen MR) is 186 cm³/mol. The Balaban J connectivity index is 1.57. The summed E-state index contributed by atoms with van der Waals surface area (Å²) in [5.41, 5.74) is 1.78. The second kappa shape index (κ2) is 15.4. The number of carbonyl (C=O) groups is 2. The highest BCUT2D eigenvalue weighted by Crippen LogP contribution is 2.66. The zero-order valence-electron chi connectivity index (χ0n) is 29.9. The summed E-state index contributed by atoms with van der Waals surface area (Å²) in [6.45, 7) is 13.8. The van der Waals surface area contributed by atoms with Crippen molar-refractivity contribution in [2.24, 2.45) is 40.4 Å². The molecule has 3 fully saturated rings. The van der Waals surface area contributed by atoms with E-state index in [2.05, 4.69) is 53.7 Å². The van der Waals surface area contributed by atoms with Crippen LogP contribution in [0.2, 0.25) is 0 Å². The number of allylic oxidation sites excluding steroid dienone is 3. The van der Waals surface area contributed by atoms with E-state index >= 15 is 0 Å². The molecule has 0 unspecified atom stereocenters. The van der Waals surface area contributed by atoms with Crippen LogP contribution in [0.4, 0.5) is 9.59 Å². The third-order valence-electron chi connectivity index (χ3n) is 12.4. The molecule has 0 aliphatic heterocycles. The minimum atomic E-state index is -0.729. The molecule has 4 rings (SSSR count). The number of carbonyl (C=O) groups excluding carboxylic acids is 2. The molecule has 0 saturated heterocycles. The van der Waals surface area contributed by atoms with Crippen LogP contribution in [-0.4, -0.2) is 75.0 Å². The average Bonchev–Trinajstić information content (AvgIpc) is 3.40. The molecule has 11 heteroatoms. The van der Waals surface area contributed by atoms with Gasteiger partial charge < -0.3 is 33.2 Å². The van der Waals surface area contributed by atoms with E-state index < -0.39 is 35.5 Å². The lowest BCUT2D eigenvalue weighted by Gasteiger charge is -2.57. The van der Waals surface area contributed by atoms with Gasteiger partial charge in [-0.05, 0) is 99.4 Å². The molecule has 0 spiro atoms. The molecule has 4 aliphatic carbocycles. The average molecular weight is 697 g/mol. The molecule has 0 heterocycles. The third kappa shape index (κ3) is 7.68. The Morgan fingerprint density at radius 3 is 2.34 bits per heavy atom. The van der Waals surface area contributed by atoms with E-state index in [-0.39, 0.29) is 24.2 Å². The molecule has 0 radical (unpaired) electrons. The Kier molecular flexibility index (Phi) is 12.4. The lowest BCUT2D eigenvalue weighted by molar-refractivity contribution is -0.159. The Labute approximate surface area is 291 Å². The summed E-state index contributed by atoms with van der Waals surface area (Å²) in [7, 11) is 4.25. The van der Waals surface area contributed by atoms with Crippen LogP contribution >= 0.6 is 24.0 Å². The van der Waals surface area contributed by atoms with Gasteiger partial charge in [0, 0.05) is 25.4 Å². The SMILES string of the molecule is COCOC(C)(C)[C@H](C[C@H](C)[C@H](C)[C@H]1CC[C@H]2C3=CC=C4C[C@@H](OC(=O)OC)C[C@H](OC(=O)OC)[C@]4(C)[C@H]3CC[C@]12C)OC(=S)SC. The van der Waals surface area contributed by atoms with Gasteiger partial charge in [0.25, 0.3) is 0 Å². The Morgan fingerprint density at radius 2 is 1.70 bits per heavy atom. The minimum Gasteiger partial charge on any atom is -0.472 e. The Bertz CT molecular complexity index is 1220. The van der Waals surface area contributed by atoms with Crippen LogP contribution in [-0.2, 0) is 33.2 Å². The first-order chi connectivity index (χ1) is 22.2. The second-order valence-electron chi connectivity index (χ2n) is 15.0. The smallest absolute Gasteiger partial charge is 0.472 e. The van der Waals surface area contributed by atoms with Gasteiger partial charge in [-0.2, -0.15) is 0 Å². The number of methoxy groups -OCH3 is 3. The van der Waals surface area contributed by atoms with Crippen LogP contribution in [0.25, 0.3) is 0 Å². The highest BCUT2D eigenvalue weighted by Gasteiger charge is 2.60. The van der Waals surface area contributed by atoms with E-state index in [1.165, 1.54) is 38.0 Å². The van der Waals surface area contributed by atoms with Crippen molar-refractivity contribution < 1.29 is 42.7 Å². The van der Waals surface area contributed by atoms with Crippen molar-refractivity contribution in [2.75, 3.05) is 34.4 Å². The van der Waals surface area contributed by atoms with Crippen LogP contribution in [0.15, 0.2) is 23.3 Å². The summed E-state index contributed by atoms with van der Waals surface area (Å²) in [5.74, 6) is 2.05. The molecule has 0 amide bonds. The van der Waals surface area contributed by atoms with E-state index in [1.54, 1.807) is 7.11 Å². The molecule has 47 heavy (non-hydrogen) atoms. The van der Waals surface area contributed by atoms with E-state index in [0.29, 0.717) is 40.9 Å². The summed E-state index contributed by atoms with van der Waals surface area (Å²) >= 11 is 6.93. The standard InChI is InChI=1S/C36H56O9S2/c1-21(17-29(45-33(46)47-10)34(3,4)42-20-39-7)22(2)26-13-14-27-25-12-11-23-18-24(43-31(37)40-8)19-30(44-32(38)41-9)36(23,6)28(25)15-16-35(26,27)5/h11-12,21-22,24,26-30H,13-20H2,1-10H3/t21-,22-,24+,26+,27-,28-,29-,30-,35+,36-/m0/s1. The van der Waals surface area contributed by atoms with Crippen LogP contribution in [0.5, 0.6) is 0 Å². The fraction of sp³-hybridized carbons (Fsp3) is 0.806. The molecule has 9 nitrogen and oxygen atoms in total. The molecule has 0 N–H and O–H groups in total. The van der Waals surface area contributed by atoms with Crippen molar-refractivity contribution in [1.29, 1.82) is 0 Å². The van der Waals surface area contributed by atoms with Gasteiger partial charge in [-0.3, -0.25) is 0 Å². The summed E-state index contributed by atoms with van der Waals surface area (Å²) in [6.07, 6.45) is 10.1. The molecule has 0 bridgehead atoms. The summed E-state index contributed by atoms with van der Waals surface area (Å²) in [5, 5.41) is 0. The largest absolute Gasteiger partial charge is 0.508 e. The van der Waals surface area contributed by atoms with Gasteiger partial charge in [0.05, 0.1) is 14.2 Å². The molecule has 10 atom stereocenters. The number of ether oxygens (including phenoxy) is 7. The quantitative estimate of drug-likeness (QED) is 0.118. The van der Waals surface area contributed by atoms with Gasteiger partial charge in [-0.25, -0.2) is 9.59 Å². The monoisotopic (exact) mass is 696 g/mol. The number of fused-ring (bicyclic) bond motifs is 5. The maximum absolute atomic E-state index is 12.5. The highest BCUT2D eigenvalue weighted by molar-refractivity contribution is 8.22. The first kappa shape index (κ1) is 38.0. The molecular formula is C36H56O9S2. The van der Waals surface area contributed by atoms with E-state index in [0.717, 1.165) is 31.3 Å². The molecule has 266 valence electrons. The summed E-state index contributed by atoms with van der Waals surface area (Å²) in [4.78, 5) is 24.5.